The fraction of sp³-hybridized carbons (Fsp3) is 0.455. The number of hydrogen-bond acceptors (Lipinski definition) is 2. The molecule has 0 aliphatic rings. The fourth-order valence-corrected chi connectivity index (χ4v) is 1.24. The van der Waals surface area contributed by atoms with E-state index in [1.807, 2.05) is 13.8 Å². The van der Waals surface area contributed by atoms with Crippen LogP contribution in [0.1, 0.15) is 29.8 Å². The number of amides is 1. The lowest BCUT2D eigenvalue weighted by molar-refractivity contribution is 0.0947. The largest absolute Gasteiger partial charge is 0.352 e. The lowest BCUT2D eigenvalue weighted by Gasteiger charge is -2.08. The van der Waals surface area contributed by atoms with Gasteiger partial charge >= 0.3 is 0 Å². The van der Waals surface area contributed by atoms with Crippen LogP contribution in [-0.4, -0.2) is 17.4 Å². The van der Waals surface area contributed by atoms with Crippen molar-refractivity contribution in [2.75, 3.05) is 6.54 Å². The zero-order chi connectivity index (χ0) is 11.4. The first-order chi connectivity index (χ1) is 7.02. The van der Waals surface area contributed by atoms with Gasteiger partial charge in [0.15, 0.2) is 0 Å². The third-order valence-electron chi connectivity index (χ3n) is 2.07. The molecule has 0 saturated heterocycles. The summed E-state index contributed by atoms with van der Waals surface area (Å²) < 4.78 is 0. The molecule has 1 amide bonds. The average Bonchev–Trinajstić information content (AvgIpc) is 2.14. The third kappa shape index (κ3) is 2.94. The van der Waals surface area contributed by atoms with Gasteiger partial charge in [-0.2, -0.15) is 0 Å². The van der Waals surface area contributed by atoms with Crippen molar-refractivity contribution < 1.29 is 4.79 Å². The molecule has 0 atom stereocenters. The highest BCUT2D eigenvalue weighted by atomic mass is 16.2. The van der Waals surface area contributed by atoms with Crippen LogP contribution in [0.3, 0.4) is 0 Å². The summed E-state index contributed by atoms with van der Waals surface area (Å²) in [6, 6.07) is 1.71. The number of carbonyl (C=O) groups is 1. The number of aromatic amines is 1. The number of carbonyl (C=O) groups excluding carboxylic acids is 1. The van der Waals surface area contributed by atoms with Crippen LogP contribution in [0.4, 0.5) is 0 Å². The molecular formula is C11H16N2O2. The SMILES string of the molecule is Cc1cc[nH]c(=O)c1C(=O)NCC(C)C. The van der Waals surface area contributed by atoms with Gasteiger partial charge in [0.1, 0.15) is 5.56 Å². The number of nitrogens with one attached hydrogen (secondary N) is 2. The van der Waals surface area contributed by atoms with E-state index in [4.69, 9.17) is 0 Å². The molecule has 1 rings (SSSR count). The summed E-state index contributed by atoms with van der Waals surface area (Å²) >= 11 is 0. The van der Waals surface area contributed by atoms with Crippen molar-refractivity contribution in [3.8, 4) is 0 Å². The second kappa shape index (κ2) is 4.77. The molecule has 0 aliphatic heterocycles. The van der Waals surface area contributed by atoms with Crippen LogP contribution in [0.25, 0.3) is 0 Å². The van der Waals surface area contributed by atoms with E-state index >= 15 is 0 Å². The van der Waals surface area contributed by atoms with E-state index in [0.29, 0.717) is 18.0 Å². The van der Waals surface area contributed by atoms with Crippen LogP contribution in [0.2, 0.25) is 0 Å². The Hall–Kier alpha value is -1.58. The van der Waals surface area contributed by atoms with Gasteiger partial charge in [0.2, 0.25) is 0 Å². The van der Waals surface area contributed by atoms with Crippen LogP contribution >= 0.6 is 0 Å². The fourth-order valence-electron chi connectivity index (χ4n) is 1.24. The molecule has 1 aromatic rings. The molecule has 0 spiro atoms. The van der Waals surface area contributed by atoms with Crippen molar-refractivity contribution in [3.05, 3.63) is 33.7 Å². The molecule has 0 bridgehead atoms. The van der Waals surface area contributed by atoms with Crippen LogP contribution < -0.4 is 10.9 Å². The number of rotatable bonds is 3. The topological polar surface area (TPSA) is 62.0 Å². The predicted molar refractivity (Wildman–Crippen MR) is 59.0 cm³/mol. The second-order valence-electron chi connectivity index (χ2n) is 3.97. The number of aryl methyl sites for hydroxylation is 1. The number of hydrogen-bond donors (Lipinski definition) is 2. The van der Waals surface area contributed by atoms with E-state index < -0.39 is 0 Å². The second-order valence-corrected chi connectivity index (χ2v) is 3.97. The lowest BCUT2D eigenvalue weighted by atomic mass is 10.1. The Morgan fingerprint density at radius 1 is 1.53 bits per heavy atom. The van der Waals surface area contributed by atoms with Crippen molar-refractivity contribution in [2.24, 2.45) is 5.92 Å². The molecular weight excluding hydrogens is 192 g/mol. The molecule has 0 radical (unpaired) electrons. The third-order valence-corrected chi connectivity index (χ3v) is 2.07. The standard InChI is InChI=1S/C11H16N2O2/c1-7(2)6-13-11(15)9-8(3)4-5-12-10(9)14/h4-5,7H,6H2,1-3H3,(H,12,14)(H,13,15). The molecule has 4 heteroatoms. The molecule has 0 aromatic carbocycles. The van der Waals surface area contributed by atoms with Crippen molar-refractivity contribution in [3.63, 3.8) is 0 Å². The van der Waals surface area contributed by atoms with Crippen molar-refractivity contribution in [1.29, 1.82) is 0 Å². The summed E-state index contributed by atoms with van der Waals surface area (Å²) in [7, 11) is 0. The van der Waals surface area contributed by atoms with E-state index in [1.165, 1.54) is 6.20 Å². The highest BCUT2D eigenvalue weighted by Crippen LogP contribution is 2.00. The van der Waals surface area contributed by atoms with Crippen molar-refractivity contribution in [2.45, 2.75) is 20.8 Å². The smallest absolute Gasteiger partial charge is 0.261 e. The minimum absolute atomic E-state index is 0.207. The molecule has 0 fully saturated rings. The number of pyridine rings is 1. The summed E-state index contributed by atoms with van der Waals surface area (Å²) in [5.41, 5.74) is 0.564. The Labute approximate surface area is 88.7 Å². The van der Waals surface area contributed by atoms with Gasteiger partial charge in [-0.25, -0.2) is 0 Å². The Balaban J connectivity index is 2.87. The Morgan fingerprint density at radius 2 is 2.20 bits per heavy atom. The van der Waals surface area contributed by atoms with Gasteiger partial charge in [-0.05, 0) is 24.5 Å². The van der Waals surface area contributed by atoms with Gasteiger partial charge in [0, 0.05) is 12.7 Å². The molecule has 0 unspecified atom stereocenters. The molecule has 0 saturated carbocycles. The minimum atomic E-state index is -0.337. The predicted octanol–water partition coefficient (Wildman–Crippen LogP) is 1.07. The van der Waals surface area contributed by atoms with Crippen LogP contribution in [0, 0.1) is 12.8 Å². The van der Waals surface area contributed by atoms with E-state index in [0.717, 1.165) is 0 Å². The van der Waals surface area contributed by atoms with Gasteiger partial charge in [0.25, 0.3) is 11.5 Å². The Morgan fingerprint density at radius 3 is 2.73 bits per heavy atom. The maximum absolute atomic E-state index is 11.7. The van der Waals surface area contributed by atoms with Crippen LogP contribution in [0.15, 0.2) is 17.1 Å². The highest BCUT2D eigenvalue weighted by molar-refractivity contribution is 5.95. The van der Waals surface area contributed by atoms with Crippen molar-refractivity contribution in [1.82, 2.24) is 10.3 Å². The minimum Gasteiger partial charge on any atom is -0.352 e. The normalized spacial score (nSPS) is 10.4. The molecule has 0 aliphatic carbocycles. The van der Waals surface area contributed by atoms with E-state index in [1.54, 1.807) is 13.0 Å². The summed E-state index contributed by atoms with van der Waals surface area (Å²) in [4.78, 5) is 25.6. The summed E-state index contributed by atoms with van der Waals surface area (Å²) in [6.07, 6.45) is 1.54. The Bertz CT molecular complexity index is 407. The first kappa shape index (κ1) is 11.5. The van der Waals surface area contributed by atoms with Crippen LogP contribution in [-0.2, 0) is 0 Å². The van der Waals surface area contributed by atoms with E-state index in [-0.39, 0.29) is 17.0 Å². The van der Waals surface area contributed by atoms with Gasteiger partial charge < -0.3 is 10.3 Å². The first-order valence-corrected chi connectivity index (χ1v) is 4.99. The first-order valence-electron chi connectivity index (χ1n) is 4.99. The number of H-pyrrole nitrogens is 1. The molecule has 1 heterocycles. The summed E-state index contributed by atoms with van der Waals surface area (Å²) in [6.45, 7) is 6.33. The Kier molecular flexibility index (Phi) is 3.66. The van der Waals surface area contributed by atoms with Crippen LogP contribution in [0.5, 0.6) is 0 Å². The quantitative estimate of drug-likeness (QED) is 0.780. The molecule has 82 valence electrons. The van der Waals surface area contributed by atoms with E-state index in [9.17, 15) is 9.59 Å². The van der Waals surface area contributed by atoms with E-state index in [2.05, 4.69) is 10.3 Å². The highest BCUT2D eigenvalue weighted by Gasteiger charge is 2.12. The maximum Gasteiger partial charge on any atom is 0.261 e. The monoisotopic (exact) mass is 208 g/mol. The summed E-state index contributed by atoms with van der Waals surface area (Å²) in [5, 5.41) is 2.72. The van der Waals surface area contributed by atoms with Gasteiger partial charge in [-0.3, -0.25) is 9.59 Å². The van der Waals surface area contributed by atoms with Gasteiger partial charge in [0.05, 0.1) is 0 Å². The average molecular weight is 208 g/mol. The van der Waals surface area contributed by atoms with Crippen molar-refractivity contribution >= 4 is 5.91 Å². The molecule has 15 heavy (non-hydrogen) atoms. The zero-order valence-electron chi connectivity index (χ0n) is 9.26. The zero-order valence-corrected chi connectivity index (χ0v) is 9.26. The van der Waals surface area contributed by atoms with Gasteiger partial charge in [-0.15, -0.1) is 0 Å². The molecule has 4 nitrogen and oxygen atoms in total. The lowest BCUT2D eigenvalue weighted by Crippen LogP contribution is -2.32. The summed E-state index contributed by atoms with van der Waals surface area (Å²) in [5.74, 6) is 0.0695. The molecule has 1 aromatic heterocycles. The maximum atomic E-state index is 11.7. The number of aromatic nitrogens is 1. The van der Waals surface area contributed by atoms with Gasteiger partial charge in [-0.1, -0.05) is 13.8 Å². The molecule has 2 N–H and O–H groups in total.